The molecular weight excluding hydrogens is 422 g/mol. The summed E-state index contributed by atoms with van der Waals surface area (Å²) in [4.78, 5) is 25.1. The third kappa shape index (κ3) is 3.92. The Kier molecular flexibility index (Phi) is 5.85. The zero-order valence-electron chi connectivity index (χ0n) is 18.0. The van der Waals surface area contributed by atoms with Crippen LogP contribution in [0.3, 0.4) is 0 Å². The Labute approximate surface area is 192 Å². The van der Waals surface area contributed by atoms with Crippen LogP contribution in [0.4, 0.5) is 11.4 Å². The lowest BCUT2D eigenvalue weighted by Gasteiger charge is -2.30. The van der Waals surface area contributed by atoms with Gasteiger partial charge in [-0.25, -0.2) is 4.99 Å². The van der Waals surface area contributed by atoms with Crippen LogP contribution in [-0.2, 0) is 4.79 Å². The number of fused-ring (bicyclic) bond motifs is 1. The number of hydrogen-bond acceptors (Lipinski definition) is 5. The van der Waals surface area contributed by atoms with Gasteiger partial charge in [0.05, 0.1) is 11.4 Å². The molecule has 160 valence electrons. The second kappa shape index (κ2) is 8.75. The molecule has 0 bridgehead atoms. The number of hydrogen-bond donors (Lipinski definition) is 0. The Morgan fingerprint density at radius 1 is 1.03 bits per heavy atom. The maximum atomic E-state index is 13.8. The number of thioether (sulfide) groups is 2. The zero-order chi connectivity index (χ0) is 21.4. The molecule has 1 saturated heterocycles. The number of rotatable bonds is 3. The molecule has 6 heteroatoms. The van der Waals surface area contributed by atoms with E-state index < -0.39 is 0 Å². The molecule has 0 radical (unpaired) electrons. The summed E-state index contributed by atoms with van der Waals surface area (Å²) in [5.41, 5.74) is 3.29. The quantitative estimate of drug-likeness (QED) is 0.489. The van der Waals surface area contributed by atoms with E-state index in [-0.39, 0.29) is 11.9 Å². The average Bonchev–Trinajstić information content (AvgIpc) is 3.31. The van der Waals surface area contributed by atoms with Crippen LogP contribution in [0.2, 0.25) is 0 Å². The van der Waals surface area contributed by atoms with Crippen molar-refractivity contribution in [1.82, 2.24) is 4.90 Å². The van der Waals surface area contributed by atoms with Crippen LogP contribution >= 0.6 is 23.5 Å². The molecule has 2 heterocycles. The normalized spacial score (nSPS) is 23.2. The number of amides is 1. The molecule has 2 aromatic rings. The highest BCUT2D eigenvalue weighted by Gasteiger charge is 2.42. The van der Waals surface area contributed by atoms with Gasteiger partial charge in [0.25, 0.3) is 5.91 Å². The molecule has 31 heavy (non-hydrogen) atoms. The molecule has 2 fully saturated rings. The van der Waals surface area contributed by atoms with E-state index in [1.165, 1.54) is 35.4 Å². The van der Waals surface area contributed by atoms with Crippen LogP contribution in [0, 0.1) is 6.92 Å². The van der Waals surface area contributed by atoms with E-state index in [1.807, 2.05) is 17.0 Å². The monoisotopic (exact) mass is 449 g/mol. The van der Waals surface area contributed by atoms with E-state index in [2.05, 4.69) is 55.1 Å². The molecule has 1 amide bonds. The average molecular weight is 450 g/mol. The van der Waals surface area contributed by atoms with Gasteiger partial charge in [0.1, 0.15) is 9.93 Å². The zero-order valence-corrected chi connectivity index (χ0v) is 19.6. The highest BCUT2D eigenvalue weighted by Crippen LogP contribution is 2.51. The standard InChI is InChI=1S/C25H27N3OS2/c1-3-27-20-14-7-8-15-21(20)30-24(27)22-23(29)28(19-12-5-4-6-13-19)25(31-22)26-18-11-9-10-17(2)16-18/h7-11,14-16,19H,3-6,12-13H2,1-2H3. The first-order valence-corrected chi connectivity index (χ1v) is 12.7. The lowest BCUT2D eigenvalue weighted by Crippen LogP contribution is -2.40. The summed E-state index contributed by atoms with van der Waals surface area (Å²) in [6.45, 7) is 5.06. The molecule has 3 aliphatic rings. The maximum Gasteiger partial charge on any atom is 0.269 e. The number of amidine groups is 1. The third-order valence-electron chi connectivity index (χ3n) is 6.10. The summed E-state index contributed by atoms with van der Waals surface area (Å²) in [6.07, 6.45) is 5.76. The fourth-order valence-electron chi connectivity index (χ4n) is 4.58. The Morgan fingerprint density at radius 3 is 2.61 bits per heavy atom. The summed E-state index contributed by atoms with van der Waals surface area (Å²) in [5, 5.41) is 1.88. The van der Waals surface area contributed by atoms with Crippen LogP contribution < -0.4 is 4.90 Å². The lowest BCUT2D eigenvalue weighted by molar-refractivity contribution is -0.124. The Bertz CT molecular complexity index is 1070. The van der Waals surface area contributed by atoms with E-state index in [0.717, 1.165) is 40.2 Å². The highest BCUT2D eigenvalue weighted by molar-refractivity contribution is 8.19. The van der Waals surface area contributed by atoms with Crippen molar-refractivity contribution in [2.24, 2.45) is 4.99 Å². The van der Waals surface area contributed by atoms with Crippen molar-refractivity contribution in [3.8, 4) is 0 Å². The van der Waals surface area contributed by atoms with Crippen LogP contribution in [0.15, 0.2) is 68.4 Å². The SMILES string of the molecule is CCN1C(=C2SC(=Nc3cccc(C)c3)N(C3CCCCC3)C2=O)Sc2ccccc21. The molecule has 0 unspecified atom stereocenters. The number of anilines is 1. The fraction of sp³-hybridized carbons (Fsp3) is 0.360. The third-order valence-corrected chi connectivity index (χ3v) is 8.45. The highest BCUT2D eigenvalue weighted by atomic mass is 32.2. The van der Waals surface area contributed by atoms with Crippen LogP contribution in [0.5, 0.6) is 0 Å². The van der Waals surface area contributed by atoms with Gasteiger partial charge < -0.3 is 4.90 Å². The smallest absolute Gasteiger partial charge is 0.269 e. The van der Waals surface area contributed by atoms with E-state index in [0.29, 0.717) is 0 Å². The molecule has 0 spiro atoms. The number of carbonyl (C=O) groups is 1. The van der Waals surface area contributed by atoms with E-state index in [9.17, 15) is 4.79 Å². The van der Waals surface area contributed by atoms with Gasteiger partial charge in [0.2, 0.25) is 0 Å². The van der Waals surface area contributed by atoms with Gasteiger partial charge >= 0.3 is 0 Å². The molecular formula is C25H27N3OS2. The van der Waals surface area contributed by atoms with Crippen molar-refractivity contribution in [3.05, 3.63) is 64.0 Å². The minimum atomic E-state index is 0.122. The van der Waals surface area contributed by atoms with Crippen molar-refractivity contribution < 1.29 is 4.79 Å². The Balaban J connectivity index is 1.57. The summed E-state index contributed by atoms with van der Waals surface area (Å²) in [6, 6.07) is 16.9. The van der Waals surface area contributed by atoms with E-state index in [4.69, 9.17) is 4.99 Å². The van der Waals surface area contributed by atoms with E-state index >= 15 is 0 Å². The first-order valence-electron chi connectivity index (χ1n) is 11.1. The molecule has 0 atom stereocenters. The Hall–Kier alpha value is -2.18. The maximum absolute atomic E-state index is 13.8. The van der Waals surface area contributed by atoms with Crippen molar-refractivity contribution >= 4 is 46.0 Å². The molecule has 1 saturated carbocycles. The van der Waals surface area contributed by atoms with Crippen LogP contribution in [0.25, 0.3) is 0 Å². The molecule has 1 aliphatic carbocycles. The Morgan fingerprint density at radius 2 is 1.84 bits per heavy atom. The topological polar surface area (TPSA) is 35.9 Å². The van der Waals surface area contributed by atoms with E-state index in [1.54, 1.807) is 23.5 Å². The van der Waals surface area contributed by atoms with Crippen molar-refractivity contribution in [2.45, 2.75) is 56.9 Å². The number of aliphatic imine (C=N–C) groups is 1. The minimum absolute atomic E-state index is 0.122. The largest absolute Gasteiger partial charge is 0.334 e. The summed E-state index contributed by atoms with van der Waals surface area (Å²) in [7, 11) is 0. The minimum Gasteiger partial charge on any atom is -0.334 e. The van der Waals surface area contributed by atoms with Crippen molar-refractivity contribution in [2.75, 3.05) is 11.4 Å². The van der Waals surface area contributed by atoms with Gasteiger partial charge in [-0.05, 0) is 68.3 Å². The predicted molar refractivity (Wildman–Crippen MR) is 132 cm³/mol. The van der Waals surface area contributed by atoms with Crippen molar-refractivity contribution in [3.63, 3.8) is 0 Å². The molecule has 2 aromatic carbocycles. The molecule has 4 nitrogen and oxygen atoms in total. The van der Waals surface area contributed by atoms with Gasteiger partial charge in [0.15, 0.2) is 5.17 Å². The summed E-state index contributed by atoms with van der Waals surface area (Å²) in [5.74, 6) is 0.122. The molecule has 0 aromatic heterocycles. The van der Waals surface area contributed by atoms with Crippen LogP contribution in [-0.4, -0.2) is 28.6 Å². The summed E-state index contributed by atoms with van der Waals surface area (Å²) >= 11 is 3.26. The first kappa shape index (κ1) is 20.7. The second-order valence-corrected chi connectivity index (χ2v) is 10.3. The van der Waals surface area contributed by atoms with Gasteiger partial charge in [0, 0.05) is 17.5 Å². The summed E-state index contributed by atoms with van der Waals surface area (Å²) < 4.78 is 0. The molecule has 0 N–H and O–H groups in total. The van der Waals surface area contributed by atoms with Gasteiger partial charge in [-0.1, -0.05) is 55.3 Å². The first-order chi connectivity index (χ1) is 15.2. The number of nitrogens with zero attached hydrogens (tertiary/aromatic N) is 3. The second-order valence-electron chi connectivity index (χ2n) is 8.25. The van der Waals surface area contributed by atoms with Gasteiger partial charge in [-0.3, -0.25) is 9.69 Å². The number of carbonyl (C=O) groups excluding carboxylic acids is 1. The van der Waals surface area contributed by atoms with Gasteiger partial charge in [-0.15, -0.1) is 0 Å². The van der Waals surface area contributed by atoms with Crippen molar-refractivity contribution in [1.29, 1.82) is 0 Å². The number of aryl methyl sites for hydroxylation is 1. The number of para-hydroxylation sites is 1. The molecule has 2 aliphatic heterocycles. The number of benzene rings is 2. The predicted octanol–water partition coefficient (Wildman–Crippen LogP) is 6.69. The fourth-order valence-corrected chi connectivity index (χ4v) is 7.03. The van der Waals surface area contributed by atoms with Gasteiger partial charge in [-0.2, -0.15) is 0 Å². The lowest BCUT2D eigenvalue weighted by atomic mass is 9.94. The van der Waals surface area contributed by atoms with Crippen LogP contribution in [0.1, 0.15) is 44.6 Å². The molecule has 5 rings (SSSR count).